The third kappa shape index (κ3) is 18.3. The lowest BCUT2D eigenvalue weighted by Crippen LogP contribution is -2.62. The molecular formula is C47H70N10O14S. The highest BCUT2D eigenvalue weighted by Crippen LogP contribution is 2.20. The first-order valence-electron chi connectivity index (χ1n) is 23.7. The summed E-state index contributed by atoms with van der Waals surface area (Å²) in [6.45, 7) is 3.41. The highest BCUT2D eigenvalue weighted by Gasteiger charge is 2.39. The number of thiol groups is 1. The minimum Gasteiger partial charge on any atom is -0.508 e. The van der Waals surface area contributed by atoms with E-state index in [0.717, 1.165) is 0 Å². The van der Waals surface area contributed by atoms with Crippen LogP contribution >= 0.6 is 12.6 Å². The van der Waals surface area contributed by atoms with E-state index in [0.29, 0.717) is 43.2 Å². The van der Waals surface area contributed by atoms with Gasteiger partial charge in [-0.3, -0.25) is 38.4 Å². The van der Waals surface area contributed by atoms with Gasteiger partial charge >= 0.3 is 5.97 Å². The van der Waals surface area contributed by atoms with E-state index in [1.165, 1.54) is 60.4 Å². The van der Waals surface area contributed by atoms with Crippen molar-refractivity contribution in [3.63, 3.8) is 0 Å². The number of aromatic hydroxyl groups is 2. The molecule has 0 aromatic heterocycles. The first kappa shape index (κ1) is 59.8. The quantitative estimate of drug-likeness (QED) is 0.0282. The number of phenols is 2. The molecule has 16 N–H and O–H groups in total. The van der Waals surface area contributed by atoms with Gasteiger partial charge in [-0.05, 0) is 86.9 Å². The van der Waals surface area contributed by atoms with Gasteiger partial charge in [0.2, 0.25) is 47.3 Å². The molecule has 0 aliphatic carbocycles. The van der Waals surface area contributed by atoms with Crippen molar-refractivity contribution in [3.05, 3.63) is 59.7 Å². The van der Waals surface area contributed by atoms with E-state index in [1.807, 2.05) is 0 Å². The van der Waals surface area contributed by atoms with Crippen LogP contribution in [0.1, 0.15) is 70.4 Å². The van der Waals surface area contributed by atoms with Crippen LogP contribution in [0.4, 0.5) is 0 Å². The zero-order valence-electron chi connectivity index (χ0n) is 40.5. The molecule has 1 heterocycles. The smallest absolute Gasteiger partial charge is 0.328 e. The van der Waals surface area contributed by atoms with Crippen LogP contribution in [0.2, 0.25) is 0 Å². The third-order valence-corrected chi connectivity index (χ3v) is 12.4. The van der Waals surface area contributed by atoms with Gasteiger partial charge in [0, 0.05) is 25.1 Å². The Kier molecular flexibility index (Phi) is 24.7. The van der Waals surface area contributed by atoms with E-state index in [4.69, 9.17) is 11.5 Å². The number of aliphatic hydroxyl groups excluding tert-OH is 2. The number of nitrogens with one attached hydrogen (secondary N) is 7. The zero-order chi connectivity index (χ0) is 53.7. The predicted molar refractivity (Wildman–Crippen MR) is 264 cm³/mol. The summed E-state index contributed by atoms with van der Waals surface area (Å²) in [6.07, 6.45) is 1.50. The lowest BCUT2D eigenvalue weighted by atomic mass is 9.97. The van der Waals surface area contributed by atoms with Gasteiger partial charge in [0.1, 0.15) is 59.8 Å². The van der Waals surface area contributed by atoms with Gasteiger partial charge in [0.25, 0.3) is 0 Å². The summed E-state index contributed by atoms with van der Waals surface area (Å²) in [4.78, 5) is 122. The number of nitrogens with two attached hydrogens (primary N) is 2. The maximum Gasteiger partial charge on any atom is 0.328 e. The molecule has 10 atom stereocenters. The van der Waals surface area contributed by atoms with Crippen molar-refractivity contribution in [3.8, 4) is 11.5 Å². The van der Waals surface area contributed by atoms with Gasteiger partial charge in [0.05, 0.1) is 19.3 Å². The van der Waals surface area contributed by atoms with Crippen molar-refractivity contribution >= 4 is 65.9 Å². The Morgan fingerprint density at radius 1 is 0.653 bits per heavy atom. The molecule has 398 valence electrons. The summed E-state index contributed by atoms with van der Waals surface area (Å²) in [5.74, 6) is -9.27. The number of unbranched alkanes of at least 4 members (excludes halogenated alkanes) is 1. The van der Waals surface area contributed by atoms with Crippen molar-refractivity contribution in [2.45, 2.75) is 127 Å². The molecule has 1 aliphatic heterocycles. The number of carboxylic acid groups (broad SMARTS) is 1. The van der Waals surface area contributed by atoms with Gasteiger partial charge in [-0.15, -0.1) is 0 Å². The molecule has 0 saturated carbocycles. The summed E-state index contributed by atoms with van der Waals surface area (Å²) in [7, 11) is 0. The minimum absolute atomic E-state index is 0.0143. The summed E-state index contributed by atoms with van der Waals surface area (Å²) in [5.41, 5.74) is 12.4. The molecular weight excluding hydrogens is 961 g/mol. The maximum absolute atomic E-state index is 14.3. The second-order valence-corrected chi connectivity index (χ2v) is 18.0. The van der Waals surface area contributed by atoms with E-state index in [1.54, 1.807) is 13.8 Å². The number of carbonyl (C=O) groups is 9. The Morgan fingerprint density at radius 3 is 1.60 bits per heavy atom. The molecule has 1 aliphatic rings. The molecule has 0 spiro atoms. The van der Waals surface area contributed by atoms with Crippen LogP contribution < -0.4 is 48.7 Å². The Balaban J connectivity index is 1.89. The number of amides is 8. The minimum atomic E-state index is -1.73. The van der Waals surface area contributed by atoms with Gasteiger partial charge in [-0.1, -0.05) is 44.5 Å². The van der Waals surface area contributed by atoms with Gasteiger partial charge in [-0.25, -0.2) is 4.79 Å². The number of hydrogen-bond donors (Lipinski definition) is 15. The SMILES string of the molecule is CC[C@H](C)[C@H](NC(=O)[C@H](CO)NC(=O)[C@H](Cc1ccc(O)cc1)NC(=O)[C@H](Cc1ccc(O)cc1)NC(=O)[C@@H]1CCCN1C(=O)[C@@H](C)N)C(=O)N[C@@H](CCCCN)C(=O)N[C@@H](CS)C(=O)N[C@@H](CO)C(=O)O. The highest BCUT2D eigenvalue weighted by molar-refractivity contribution is 7.80. The predicted octanol–water partition coefficient (Wildman–Crippen LogP) is -3.21. The van der Waals surface area contributed by atoms with Crippen molar-refractivity contribution < 1.29 is 68.7 Å². The molecule has 0 bridgehead atoms. The first-order chi connectivity index (χ1) is 34.2. The normalized spacial score (nSPS) is 17.0. The summed E-state index contributed by atoms with van der Waals surface area (Å²) >= 11 is 4.09. The summed E-state index contributed by atoms with van der Waals surface area (Å²) < 4.78 is 0. The standard InChI is InChI=1S/C47H70N10O14S/c1-4-25(2)38(45(68)50-31(8-5-6-18-48)39(62)55-36(24-72)43(66)54-35(23-59)47(70)71)56-42(65)34(22-58)53-41(64)32(20-27-10-14-29(60)15-11-27)51-40(63)33(21-28-12-16-30(61)17-13-28)52-44(67)37-9-7-19-57(37)46(69)26(3)49/h10-17,25-26,31-38,58-61,72H,4-9,18-24,48-49H2,1-3H3,(H,50,68)(H,51,63)(H,52,67)(H,53,64)(H,54,66)(H,55,62)(H,56,65)(H,70,71)/t25-,26+,31-,32-,33-,34-,35-,36-,37-,38-/m0/s1. The van der Waals surface area contributed by atoms with Crippen LogP contribution in [0.5, 0.6) is 11.5 Å². The number of carboxylic acids is 1. The number of hydrogen-bond acceptors (Lipinski definition) is 16. The molecule has 0 radical (unpaired) electrons. The van der Waals surface area contributed by atoms with E-state index in [-0.39, 0.29) is 49.6 Å². The average Bonchev–Trinajstić information content (AvgIpc) is 3.85. The van der Waals surface area contributed by atoms with Crippen LogP contribution in [0.3, 0.4) is 0 Å². The molecule has 25 heteroatoms. The van der Waals surface area contributed by atoms with Crippen LogP contribution in [0.15, 0.2) is 48.5 Å². The largest absolute Gasteiger partial charge is 0.508 e. The first-order valence-corrected chi connectivity index (χ1v) is 24.3. The molecule has 1 saturated heterocycles. The zero-order valence-corrected chi connectivity index (χ0v) is 41.4. The molecule has 0 unspecified atom stereocenters. The number of aliphatic hydroxyl groups is 2. The Morgan fingerprint density at radius 2 is 1.11 bits per heavy atom. The van der Waals surface area contributed by atoms with E-state index < -0.39 is 127 Å². The second kappa shape index (κ2) is 29.7. The van der Waals surface area contributed by atoms with Gasteiger partial charge < -0.3 is 79.1 Å². The number of likely N-dealkylation sites (tertiary alicyclic amines) is 1. The fourth-order valence-corrected chi connectivity index (χ4v) is 7.89. The molecule has 24 nitrogen and oxygen atoms in total. The topological polar surface area (TPSA) is 394 Å². The number of rotatable bonds is 29. The van der Waals surface area contributed by atoms with Crippen molar-refractivity contribution in [1.82, 2.24) is 42.1 Å². The Labute approximate surface area is 422 Å². The van der Waals surface area contributed by atoms with Crippen molar-refractivity contribution in [2.75, 3.05) is 32.1 Å². The maximum atomic E-state index is 14.3. The third-order valence-electron chi connectivity index (χ3n) is 12.0. The fourth-order valence-electron chi connectivity index (χ4n) is 7.63. The molecule has 2 aromatic carbocycles. The monoisotopic (exact) mass is 1030 g/mol. The summed E-state index contributed by atoms with van der Waals surface area (Å²) in [6, 6.07) is -0.728. The fraction of sp³-hybridized carbons (Fsp3) is 0.553. The van der Waals surface area contributed by atoms with Gasteiger partial charge in [0.15, 0.2) is 0 Å². The van der Waals surface area contributed by atoms with Crippen molar-refractivity contribution in [2.24, 2.45) is 17.4 Å². The summed E-state index contributed by atoms with van der Waals surface area (Å²) in [5, 5.41) is 66.4. The lowest BCUT2D eigenvalue weighted by Gasteiger charge is -2.29. The number of carbonyl (C=O) groups excluding carboxylic acids is 8. The van der Waals surface area contributed by atoms with E-state index >= 15 is 0 Å². The number of phenolic OH excluding ortho intramolecular Hbond substituents is 2. The van der Waals surface area contributed by atoms with Crippen LogP contribution in [-0.4, -0.2) is 170 Å². The lowest BCUT2D eigenvalue weighted by molar-refractivity contribution is -0.143. The van der Waals surface area contributed by atoms with Crippen LogP contribution in [0.25, 0.3) is 0 Å². The number of benzene rings is 2. The Bertz CT molecular complexity index is 2170. The Hall–Kier alpha value is -6.54. The van der Waals surface area contributed by atoms with E-state index in [2.05, 4.69) is 49.8 Å². The molecule has 72 heavy (non-hydrogen) atoms. The van der Waals surface area contributed by atoms with Crippen molar-refractivity contribution in [1.29, 1.82) is 0 Å². The molecule has 2 aromatic rings. The molecule has 3 rings (SSSR count). The molecule has 8 amide bonds. The second-order valence-electron chi connectivity index (χ2n) is 17.6. The number of aliphatic carboxylic acids is 1. The number of nitrogens with zero attached hydrogens (tertiary/aromatic N) is 1. The highest BCUT2D eigenvalue weighted by atomic mass is 32.1. The van der Waals surface area contributed by atoms with E-state index in [9.17, 15) is 68.7 Å². The average molecular weight is 1030 g/mol. The van der Waals surface area contributed by atoms with Crippen LogP contribution in [-0.2, 0) is 56.0 Å². The van der Waals surface area contributed by atoms with Crippen LogP contribution in [0, 0.1) is 5.92 Å². The molecule has 1 fully saturated rings. The van der Waals surface area contributed by atoms with Gasteiger partial charge in [-0.2, -0.15) is 12.6 Å².